The summed E-state index contributed by atoms with van der Waals surface area (Å²) < 4.78 is 0. The van der Waals surface area contributed by atoms with Crippen LogP contribution in [0.15, 0.2) is 47.6 Å². The van der Waals surface area contributed by atoms with Gasteiger partial charge in [0.2, 0.25) is 5.91 Å². The van der Waals surface area contributed by atoms with Crippen LogP contribution in [0.3, 0.4) is 0 Å². The topological polar surface area (TPSA) is 104 Å². The molecule has 2 fully saturated rings. The molecule has 0 aromatic heterocycles. The highest BCUT2D eigenvalue weighted by Crippen LogP contribution is 2.42. The highest BCUT2D eigenvalue weighted by molar-refractivity contribution is 8.77. The molecule has 1 aliphatic heterocycles. The Bertz CT molecular complexity index is 869. The highest BCUT2D eigenvalue weighted by Gasteiger charge is 2.43. The molecule has 0 bridgehead atoms. The molecule has 33 heavy (non-hydrogen) atoms. The van der Waals surface area contributed by atoms with Gasteiger partial charge in [-0.15, -0.1) is 0 Å². The smallest absolute Gasteiger partial charge is 0.327 e. The van der Waals surface area contributed by atoms with Gasteiger partial charge in [0.15, 0.2) is 5.78 Å². The first kappa shape index (κ1) is 27.4. The van der Waals surface area contributed by atoms with E-state index >= 15 is 0 Å². The molecule has 0 aromatic carbocycles. The van der Waals surface area contributed by atoms with Crippen LogP contribution in [0.1, 0.15) is 26.2 Å². The Morgan fingerprint density at radius 1 is 1.27 bits per heavy atom. The Morgan fingerprint density at radius 2 is 1.97 bits per heavy atom. The standard InChI is InChI=1S/C23H29ClN2O5S2/c1-4-15(18(24)5-2)12-26-10-8-20(33-32-13-19(23(30)31)25-14(3)28)17(9-11-27)21(26)22(29)16-6-7-16/h4-5,9,11,16,19-21H,1-2,6-8,10,12-13H2,3H3,(H,25,28)(H,30,31)/b17-9+,18-15-. The number of carboxylic acids is 1. The number of hydrogen-bond donors (Lipinski definition) is 2. The largest absolute Gasteiger partial charge is 0.480 e. The number of nitrogens with one attached hydrogen (secondary N) is 1. The summed E-state index contributed by atoms with van der Waals surface area (Å²) in [5.41, 5.74) is 1.47. The zero-order valence-electron chi connectivity index (χ0n) is 18.5. The first-order valence-corrected chi connectivity index (χ1v) is 13.3. The van der Waals surface area contributed by atoms with Gasteiger partial charge in [0.25, 0.3) is 0 Å². The number of halogens is 1. The van der Waals surface area contributed by atoms with E-state index in [-0.39, 0.29) is 22.7 Å². The van der Waals surface area contributed by atoms with Crippen molar-refractivity contribution in [2.45, 2.75) is 43.5 Å². The molecule has 3 unspecified atom stereocenters. The van der Waals surface area contributed by atoms with Crippen molar-refractivity contribution >= 4 is 57.1 Å². The van der Waals surface area contributed by atoms with Crippen LogP contribution >= 0.6 is 33.2 Å². The quantitative estimate of drug-likeness (QED) is 0.167. The van der Waals surface area contributed by atoms with E-state index in [4.69, 9.17) is 11.6 Å². The van der Waals surface area contributed by atoms with Gasteiger partial charge in [-0.25, -0.2) is 4.79 Å². The molecule has 2 rings (SSSR count). The molecular formula is C23H29ClN2O5S2. The minimum Gasteiger partial charge on any atom is -0.480 e. The van der Waals surface area contributed by atoms with Crippen LogP contribution in [0.25, 0.3) is 0 Å². The van der Waals surface area contributed by atoms with Crippen molar-refractivity contribution in [2.75, 3.05) is 18.8 Å². The van der Waals surface area contributed by atoms with Crippen molar-refractivity contribution < 1.29 is 24.3 Å². The molecule has 1 aliphatic carbocycles. The Labute approximate surface area is 207 Å². The van der Waals surface area contributed by atoms with Crippen molar-refractivity contribution in [3.05, 3.63) is 47.6 Å². The highest BCUT2D eigenvalue weighted by atomic mass is 35.5. The molecule has 1 saturated carbocycles. The second kappa shape index (κ2) is 13.2. The molecule has 2 aliphatic rings. The van der Waals surface area contributed by atoms with Crippen molar-refractivity contribution in [3.8, 4) is 0 Å². The van der Waals surface area contributed by atoms with Crippen molar-refractivity contribution in [3.63, 3.8) is 0 Å². The molecule has 2 N–H and O–H groups in total. The zero-order chi connectivity index (χ0) is 24.5. The van der Waals surface area contributed by atoms with Gasteiger partial charge in [-0.3, -0.25) is 19.3 Å². The van der Waals surface area contributed by atoms with Gasteiger partial charge >= 0.3 is 5.97 Å². The number of carbonyl (C=O) groups is 4. The van der Waals surface area contributed by atoms with Crippen molar-refractivity contribution in [1.82, 2.24) is 10.2 Å². The van der Waals surface area contributed by atoms with Crippen LogP contribution in [0.2, 0.25) is 0 Å². The van der Waals surface area contributed by atoms with E-state index in [9.17, 15) is 24.3 Å². The van der Waals surface area contributed by atoms with E-state index in [0.29, 0.717) is 30.8 Å². The van der Waals surface area contributed by atoms with Gasteiger partial charge in [0, 0.05) is 42.0 Å². The first-order valence-electron chi connectivity index (χ1n) is 10.6. The van der Waals surface area contributed by atoms with Crippen LogP contribution in [0.5, 0.6) is 0 Å². The SMILES string of the molecule is C=C/C(Cl)=C(\C=C)CN1CCC(SSCC(NC(C)=O)C(=O)O)/C(=C\C=O)C1C(=O)C1CC1. The third kappa shape index (κ3) is 7.88. The number of hydrogen-bond acceptors (Lipinski definition) is 7. The van der Waals surface area contributed by atoms with E-state index in [1.54, 1.807) is 6.08 Å². The molecule has 7 nitrogen and oxygen atoms in total. The predicted octanol–water partition coefficient (Wildman–Crippen LogP) is 3.37. The summed E-state index contributed by atoms with van der Waals surface area (Å²) in [4.78, 5) is 49.4. The molecule has 1 saturated heterocycles. The number of ketones is 1. The fourth-order valence-corrected chi connectivity index (χ4v) is 6.67. The Balaban J connectivity index is 2.22. The third-order valence-corrected chi connectivity index (χ3v) is 8.70. The lowest BCUT2D eigenvalue weighted by molar-refractivity contribution is -0.140. The number of aliphatic carboxylic acids is 1. The lowest BCUT2D eigenvalue weighted by atomic mass is 9.89. The maximum absolute atomic E-state index is 13.3. The minimum atomic E-state index is -1.11. The Kier molecular flexibility index (Phi) is 11.0. The number of allylic oxidation sites excluding steroid dienone is 3. The molecule has 180 valence electrons. The van der Waals surface area contributed by atoms with E-state index < -0.39 is 24.0 Å². The number of carbonyl (C=O) groups excluding carboxylic acids is 3. The lowest BCUT2D eigenvalue weighted by Gasteiger charge is -2.41. The summed E-state index contributed by atoms with van der Waals surface area (Å²) in [6, 6.07) is -1.56. The van der Waals surface area contributed by atoms with Crippen LogP contribution in [-0.2, 0) is 19.2 Å². The van der Waals surface area contributed by atoms with Crippen LogP contribution in [-0.4, -0.2) is 70.1 Å². The minimum absolute atomic E-state index is 0.00819. The molecule has 10 heteroatoms. The summed E-state index contributed by atoms with van der Waals surface area (Å²) in [5.74, 6) is -1.28. The number of piperidine rings is 1. The van der Waals surface area contributed by atoms with Crippen LogP contribution < -0.4 is 5.32 Å². The van der Waals surface area contributed by atoms with Crippen LogP contribution in [0, 0.1) is 5.92 Å². The van der Waals surface area contributed by atoms with Gasteiger partial charge < -0.3 is 10.4 Å². The van der Waals surface area contributed by atoms with Gasteiger partial charge in [-0.2, -0.15) is 0 Å². The molecule has 1 heterocycles. The number of rotatable bonds is 13. The fourth-order valence-electron chi connectivity index (χ4n) is 3.65. The molecular weight excluding hydrogens is 484 g/mol. The number of carboxylic acid groups (broad SMARTS) is 1. The maximum Gasteiger partial charge on any atom is 0.327 e. The molecule has 0 radical (unpaired) electrons. The summed E-state index contributed by atoms with van der Waals surface area (Å²) in [6.45, 7) is 9.79. The van der Waals surface area contributed by atoms with Gasteiger partial charge in [-0.1, -0.05) is 58.5 Å². The van der Waals surface area contributed by atoms with E-state index in [1.807, 2.05) is 4.90 Å². The molecule has 1 amide bonds. The second-order valence-corrected chi connectivity index (χ2v) is 10.9. The fraction of sp³-hybridized carbons (Fsp3) is 0.478. The monoisotopic (exact) mass is 512 g/mol. The Hall–Kier alpha value is -1.81. The third-order valence-electron chi connectivity index (χ3n) is 5.44. The molecule has 3 atom stereocenters. The second-order valence-electron chi connectivity index (χ2n) is 7.88. The number of aldehydes is 1. The number of nitrogens with zero attached hydrogens (tertiary/aromatic N) is 1. The first-order chi connectivity index (χ1) is 15.7. The summed E-state index contributed by atoms with van der Waals surface area (Å²) in [5, 5.41) is 12.1. The van der Waals surface area contributed by atoms with Gasteiger partial charge in [-0.05, 0) is 36.5 Å². The average Bonchev–Trinajstić information content (AvgIpc) is 3.62. The summed E-state index contributed by atoms with van der Waals surface area (Å²) in [7, 11) is 2.74. The van der Waals surface area contributed by atoms with Gasteiger partial charge in [0.05, 0.1) is 6.04 Å². The van der Waals surface area contributed by atoms with E-state index in [2.05, 4.69) is 18.5 Å². The number of Topliss-reactive ketones (excluding diaryl/α,β-unsaturated/α-hetero) is 1. The van der Waals surface area contributed by atoms with E-state index in [0.717, 1.165) is 24.0 Å². The number of likely N-dealkylation sites (tertiary alicyclic amines) is 1. The maximum atomic E-state index is 13.3. The number of amides is 1. The summed E-state index contributed by atoms with van der Waals surface area (Å²) >= 11 is 6.26. The van der Waals surface area contributed by atoms with Crippen molar-refractivity contribution in [1.29, 1.82) is 0 Å². The Morgan fingerprint density at radius 3 is 2.48 bits per heavy atom. The van der Waals surface area contributed by atoms with E-state index in [1.165, 1.54) is 40.7 Å². The van der Waals surface area contributed by atoms with Gasteiger partial charge in [0.1, 0.15) is 12.3 Å². The summed E-state index contributed by atoms with van der Waals surface area (Å²) in [6.07, 6.45) is 7.70. The lowest BCUT2D eigenvalue weighted by Crippen LogP contribution is -2.51. The van der Waals surface area contributed by atoms with Crippen LogP contribution in [0.4, 0.5) is 0 Å². The predicted molar refractivity (Wildman–Crippen MR) is 134 cm³/mol. The molecule has 0 aromatic rings. The molecule has 0 spiro atoms. The average molecular weight is 513 g/mol. The van der Waals surface area contributed by atoms with Crippen molar-refractivity contribution in [2.24, 2.45) is 5.92 Å². The zero-order valence-corrected chi connectivity index (χ0v) is 20.9. The normalized spacial score (nSPS) is 23.9.